The normalized spacial score (nSPS) is 20.3. The average molecular weight is 448 g/mol. The summed E-state index contributed by atoms with van der Waals surface area (Å²) in [5.74, 6) is 1.14. The van der Waals surface area contributed by atoms with Crippen LogP contribution in [0, 0.1) is 11.3 Å². The highest BCUT2D eigenvalue weighted by Crippen LogP contribution is 2.48. The molecule has 4 aliphatic rings. The number of allylic oxidation sites excluding steroid dienone is 1. The van der Waals surface area contributed by atoms with Crippen LogP contribution >= 0.6 is 0 Å². The number of rotatable bonds is 4. The van der Waals surface area contributed by atoms with Crippen molar-refractivity contribution in [3.8, 4) is 0 Å². The molecule has 0 fully saturated rings. The van der Waals surface area contributed by atoms with Crippen LogP contribution in [-0.4, -0.2) is 32.4 Å². The van der Waals surface area contributed by atoms with Crippen LogP contribution in [0.25, 0.3) is 5.57 Å². The Balaban J connectivity index is 1.46. The molecule has 7 rings (SSSR count). The lowest BCUT2D eigenvalue weighted by Gasteiger charge is -2.42. The first-order valence-corrected chi connectivity index (χ1v) is 11.9. The highest BCUT2D eigenvalue weighted by molar-refractivity contribution is 6.03. The summed E-state index contributed by atoms with van der Waals surface area (Å²) in [5.41, 5.74) is 10.6. The van der Waals surface area contributed by atoms with Crippen LogP contribution in [0.15, 0.2) is 77.8 Å². The quantitative estimate of drug-likeness (QED) is 0.444. The molecule has 0 aromatic heterocycles. The fraction of sp³-hybridized carbons (Fsp3) is 0.241. The Kier molecular flexibility index (Phi) is 4.98. The molecule has 2 N–H and O–H groups in total. The van der Waals surface area contributed by atoms with E-state index in [1.807, 2.05) is 13.1 Å². The minimum atomic E-state index is 0.307. The molecule has 3 aromatic carbocycles. The molecule has 34 heavy (non-hydrogen) atoms. The highest BCUT2D eigenvalue weighted by Gasteiger charge is 2.42. The molecule has 1 aliphatic carbocycles. The molecule has 5 heteroatoms. The van der Waals surface area contributed by atoms with Gasteiger partial charge in [-0.3, -0.25) is 5.41 Å². The minimum absolute atomic E-state index is 0.307. The fourth-order valence-electron chi connectivity index (χ4n) is 6.18. The maximum atomic E-state index is 7.46. The monoisotopic (exact) mass is 447 g/mol. The third-order valence-electron chi connectivity index (χ3n) is 7.52. The minimum Gasteiger partial charge on any atom is -0.373 e. The summed E-state index contributed by atoms with van der Waals surface area (Å²) >= 11 is 0. The molecule has 5 nitrogen and oxygen atoms in total. The van der Waals surface area contributed by atoms with Gasteiger partial charge in [0, 0.05) is 32.1 Å². The van der Waals surface area contributed by atoms with Crippen molar-refractivity contribution in [2.24, 2.45) is 10.9 Å². The van der Waals surface area contributed by atoms with Crippen molar-refractivity contribution in [1.29, 1.82) is 5.41 Å². The molecule has 3 aromatic rings. The first-order chi connectivity index (χ1) is 16.7. The molecule has 2 atom stereocenters. The van der Waals surface area contributed by atoms with Gasteiger partial charge in [-0.15, -0.1) is 0 Å². The first-order valence-electron chi connectivity index (χ1n) is 11.9. The van der Waals surface area contributed by atoms with E-state index in [9.17, 15) is 0 Å². The van der Waals surface area contributed by atoms with Crippen LogP contribution in [0.5, 0.6) is 0 Å². The summed E-state index contributed by atoms with van der Waals surface area (Å²) < 4.78 is 0. The standard InChI is InChI=1S/C29H29N5/c1-31-28(32-18-30)24-11-4-3-8-19(24)14-22-16-23-15-20-9-7-10-21(27(20)22)17-34-26-13-6-5-12-25(26)33(2)29(23)34/h3-13,16,18,23,29H,14-15,17H2,1-2H3,(H2,30,31,32). The van der Waals surface area contributed by atoms with E-state index in [0.29, 0.717) is 12.1 Å². The van der Waals surface area contributed by atoms with Gasteiger partial charge in [-0.1, -0.05) is 60.7 Å². The number of amidine groups is 1. The predicted octanol–water partition coefficient (Wildman–Crippen LogP) is 4.85. The molecule has 3 heterocycles. The molecule has 0 saturated carbocycles. The molecule has 0 amide bonds. The largest absolute Gasteiger partial charge is 0.373 e. The van der Waals surface area contributed by atoms with Gasteiger partial charge in [0.2, 0.25) is 0 Å². The number of benzene rings is 3. The van der Waals surface area contributed by atoms with E-state index in [1.54, 1.807) is 0 Å². The Morgan fingerprint density at radius 3 is 2.62 bits per heavy atom. The first kappa shape index (κ1) is 20.7. The van der Waals surface area contributed by atoms with E-state index >= 15 is 0 Å². The van der Waals surface area contributed by atoms with Crippen molar-refractivity contribution >= 4 is 29.1 Å². The number of hydrogen-bond acceptors (Lipinski definition) is 3. The Labute approximate surface area is 201 Å². The summed E-state index contributed by atoms with van der Waals surface area (Å²) in [4.78, 5) is 9.32. The van der Waals surface area contributed by atoms with Crippen molar-refractivity contribution in [2.75, 3.05) is 23.9 Å². The van der Waals surface area contributed by atoms with E-state index in [4.69, 9.17) is 5.41 Å². The zero-order valence-corrected chi connectivity index (χ0v) is 19.6. The van der Waals surface area contributed by atoms with E-state index in [-0.39, 0.29) is 0 Å². The molecule has 4 bridgehead atoms. The van der Waals surface area contributed by atoms with E-state index in [0.717, 1.165) is 37.1 Å². The summed E-state index contributed by atoms with van der Waals surface area (Å²) in [7, 11) is 4.10. The molecular formula is C29H29N5. The Morgan fingerprint density at radius 1 is 1.03 bits per heavy atom. The number of aliphatic imine (C=N–C) groups is 1. The number of nitrogens with one attached hydrogen (secondary N) is 2. The predicted molar refractivity (Wildman–Crippen MR) is 141 cm³/mol. The summed E-state index contributed by atoms with van der Waals surface area (Å²) in [6.07, 6.45) is 5.85. The second-order valence-corrected chi connectivity index (χ2v) is 9.34. The molecule has 0 saturated heterocycles. The fourth-order valence-corrected chi connectivity index (χ4v) is 6.18. The SMILES string of the molecule is CN/C(=N\C=N)c1ccccc1CC1=CC2Cc3cccc(c31)CN1c3ccccc3N(C)C21. The van der Waals surface area contributed by atoms with Gasteiger partial charge in [-0.2, -0.15) is 0 Å². The van der Waals surface area contributed by atoms with Gasteiger partial charge in [0.05, 0.1) is 11.4 Å². The number of fused-ring (bicyclic) bond motifs is 1. The lowest BCUT2D eigenvalue weighted by Crippen LogP contribution is -2.48. The van der Waals surface area contributed by atoms with Crippen LogP contribution in [-0.2, 0) is 19.4 Å². The maximum Gasteiger partial charge on any atom is 0.135 e. The van der Waals surface area contributed by atoms with Gasteiger partial charge in [0.25, 0.3) is 0 Å². The van der Waals surface area contributed by atoms with Crippen LogP contribution in [0.2, 0.25) is 0 Å². The smallest absolute Gasteiger partial charge is 0.135 e. The van der Waals surface area contributed by atoms with Gasteiger partial charge >= 0.3 is 0 Å². The molecule has 170 valence electrons. The molecule has 2 unspecified atom stereocenters. The Hall–Kier alpha value is -3.86. The summed E-state index contributed by atoms with van der Waals surface area (Å²) in [6, 6.07) is 24.1. The zero-order chi connectivity index (χ0) is 23.2. The highest BCUT2D eigenvalue weighted by atomic mass is 15.4. The van der Waals surface area contributed by atoms with Crippen LogP contribution in [0.1, 0.15) is 27.8 Å². The third-order valence-corrected chi connectivity index (χ3v) is 7.52. The number of para-hydroxylation sites is 2. The van der Waals surface area contributed by atoms with Crippen molar-refractivity contribution in [3.63, 3.8) is 0 Å². The van der Waals surface area contributed by atoms with E-state index < -0.39 is 0 Å². The van der Waals surface area contributed by atoms with E-state index in [1.165, 1.54) is 39.2 Å². The van der Waals surface area contributed by atoms with Crippen molar-refractivity contribution in [1.82, 2.24) is 5.32 Å². The van der Waals surface area contributed by atoms with Crippen molar-refractivity contribution in [3.05, 3.63) is 101 Å². The molecule has 3 aliphatic heterocycles. The van der Waals surface area contributed by atoms with Gasteiger partial charge in [0.1, 0.15) is 18.3 Å². The third kappa shape index (κ3) is 3.15. The van der Waals surface area contributed by atoms with Crippen LogP contribution in [0.4, 0.5) is 11.4 Å². The van der Waals surface area contributed by atoms with Gasteiger partial charge in [-0.05, 0) is 52.8 Å². The number of anilines is 2. The maximum absolute atomic E-state index is 7.46. The van der Waals surface area contributed by atoms with Gasteiger partial charge < -0.3 is 15.1 Å². The van der Waals surface area contributed by atoms with Gasteiger partial charge in [0.15, 0.2) is 0 Å². The van der Waals surface area contributed by atoms with Crippen LogP contribution in [0.3, 0.4) is 0 Å². The Morgan fingerprint density at radius 2 is 1.79 bits per heavy atom. The lowest BCUT2D eigenvalue weighted by atomic mass is 9.77. The molecule has 0 radical (unpaired) electrons. The Bertz CT molecular complexity index is 1340. The topological polar surface area (TPSA) is 54.7 Å². The lowest BCUT2D eigenvalue weighted by molar-refractivity contribution is 0.457. The van der Waals surface area contributed by atoms with Crippen LogP contribution < -0.4 is 15.1 Å². The zero-order valence-electron chi connectivity index (χ0n) is 19.6. The summed E-state index contributed by atoms with van der Waals surface area (Å²) in [6.45, 7) is 0.918. The second kappa shape index (κ2) is 8.17. The number of nitrogens with zero attached hydrogens (tertiary/aromatic N) is 3. The second-order valence-electron chi connectivity index (χ2n) is 9.34. The molecule has 0 spiro atoms. The average Bonchev–Trinajstić information content (AvgIpc) is 3.13. The van der Waals surface area contributed by atoms with E-state index in [2.05, 4.69) is 93.9 Å². The van der Waals surface area contributed by atoms with Gasteiger partial charge in [-0.25, -0.2) is 4.99 Å². The van der Waals surface area contributed by atoms with Crippen molar-refractivity contribution in [2.45, 2.75) is 25.6 Å². The summed E-state index contributed by atoms with van der Waals surface area (Å²) in [5, 5.41) is 10.6. The molecular weight excluding hydrogens is 418 g/mol. The number of hydrogen-bond donors (Lipinski definition) is 2. The van der Waals surface area contributed by atoms with Crippen molar-refractivity contribution < 1.29 is 0 Å².